The van der Waals surface area contributed by atoms with E-state index in [1.54, 1.807) is 0 Å². The number of rotatable bonds is 5. The van der Waals surface area contributed by atoms with Gasteiger partial charge in [0.15, 0.2) is 6.61 Å². The molecule has 1 aromatic heterocycles. The van der Waals surface area contributed by atoms with E-state index in [1.807, 2.05) is 78.9 Å². The molecule has 0 aliphatic carbocycles. The highest BCUT2D eigenvalue weighted by Gasteiger charge is 2.15. The smallest absolute Gasteiger partial charge is 0.343 e. The topological polar surface area (TPSA) is 53.4 Å². The molecule has 0 N–H and O–H groups in total. The average molecular weight is 358 g/mol. The standard InChI is InChI=1S/C22H18N2O3/c1-26-21(25)15-27-18-12-13-19-20(14-18)24(17-10-6-3-7-11-17)22(23-19)16-8-4-2-5-9-16/h2-14H,15H2,1H3. The normalized spacial score (nSPS) is 10.7. The van der Waals surface area contributed by atoms with Gasteiger partial charge in [-0.3, -0.25) is 4.57 Å². The van der Waals surface area contributed by atoms with Crippen LogP contribution in [0.5, 0.6) is 5.75 Å². The number of benzene rings is 3. The second-order valence-electron chi connectivity index (χ2n) is 5.99. The number of methoxy groups -OCH3 is 1. The summed E-state index contributed by atoms with van der Waals surface area (Å²) in [5, 5.41) is 0. The molecule has 4 rings (SSSR count). The van der Waals surface area contributed by atoms with E-state index in [2.05, 4.69) is 9.30 Å². The van der Waals surface area contributed by atoms with Crippen LogP contribution in [0.4, 0.5) is 0 Å². The Hall–Kier alpha value is -3.60. The highest BCUT2D eigenvalue weighted by Crippen LogP contribution is 2.30. The summed E-state index contributed by atoms with van der Waals surface area (Å²) in [6.45, 7) is -0.132. The minimum atomic E-state index is -0.420. The fraction of sp³-hybridized carbons (Fsp3) is 0.0909. The first-order valence-corrected chi connectivity index (χ1v) is 8.59. The zero-order chi connectivity index (χ0) is 18.6. The molecule has 0 saturated heterocycles. The summed E-state index contributed by atoms with van der Waals surface area (Å²) < 4.78 is 12.3. The van der Waals surface area contributed by atoms with Crippen LogP contribution >= 0.6 is 0 Å². The molecule has 5 heteroatoms. The molecule has 0 bridgehead atoms. The van der Waals surface area contributed by atoms with E-state index >= 15 is 0 Å². The number of para-hydroxylation sites is 1. The molecule has 134 valence electrons. The largest absolute Gasteiger partial charge is 0.482 e. The summed E-state index contributed by atoms with van der Waals surface area (Å²) in [4.78, 5) is 16.2. The minimum Gasteiger partial charge on any atom is -0.482 e. The molecule has 0 aliphatic rings. The maximum Gasteiger partial charge on any atom is 0.343 e. The summed E-state index contributed by atoms with van der Waals surface area (Å²) in [6, 6.07) is 25.7. The summed E-state index contributed by atoms with van der Waals surface area (Å²) in [5.41, 5.74) is 3.78. The molecule has 0 aliphatic heterocycles. The van der Waals surface area contributed by atoms with Crippen molar-refractivity contribution in [1.82, 2.24) is 9.55 Å². The average Bonchev–Trinajstić information content (AvgIpc) is 3.12. The number of esters is 1. The third kappa shape index (κ3) is 3.40. The van der Waals surface area contributed by atoms with E-state index < -0.39 is 5.97 Å². The van der Waals surface area contributed by atoms with E-state index in [0.717, 1.165) is 28.1 Å². The lowest BCUT2D eigenvalue weighted by Gasteiger charge is -2.10. The van der Waals surface area contributed by atoms with Crippen molar-refractivity contribution in [2.45, 2.75) is 0 Å². The van der Waals surface area contributed by atoms with E-state index in [1.165, 1.54) is 7.11 Å². The number of carbonyl (C=O) groups is 1. The first-order valence-electron chi connectivity index (χ1n) is 8.59. The highest BCUT2D eigenvalue weighted by molar-refractivity contribution is 5.84. The molecule has 0 spiro atoms. The second kappa shape index (κ2) is 7.33. The Morgan fingerprint density at radius 1 is 0.963 bits per heavy atom. The second-order valence-corrected chi connectivity index (χ2v) is 5.99. The lowest BCUT2D eigenvalue weighted by atomic mass is 10.2. The molecule has 27 heavy (non-hydrogen) atoms. The number of ether oxygens (including phenoxy) is 2. The van der Waals surface area contributed by atoms with Crippen LogP contribution in [0.3, 0.4) is 0 Å². The van der Waals surface area contributed by atoms with E-state index in [4.69, 9.17) is 9.72 Å². The predicted octanol–water partition coefficient (Wildman–Crippen LogP) is 4.24. The zero-order valence-corrected chi connectivity index (χ0v) is 14.8. The van der Waals surface area contributed by atoms with Crippen molar-refractivity contribution >= 4 is 17.0 Å². The van der Waals surface area contributed by atoms with Crippen LogP contribution in [0, 0.1) is 0 Å². The first kappa shape index (κ1) is 16.8. The van der Waals surface area contributed by atoms with Gasteiger partial charge in [0.1, 0.15) is 11.6 Å². The van der Waals surface area contributed by atoms with Crippen molar-refractivity contribution in [2.24, 2.45) is 0 Å². The Kier molecular flexibility index (Phi) is 4.58. The zero-order valence-electron chi connectivity index (χ0n) is 14.8. The highest BCUT2D eigenvalue weighted by atomic mass is 16.6. The van der Waals surface area contributed by atoms with Gasteiger partial charge >= 0.3 is 5.97 Å². The van der Waals surface area contributed by atoms with Crippen LogP contribution in [0.1, 0.15) is 0 Å². The van der Waals surface area contributed by atoms with Crippen molar-refractivity contribution in [3.8, 4) is 22.8 Å². The van der Waals surface area contributed by atoms with Gasteiger partial charge in [-0.1, -0.05) is 48.5 Å². The molecular formula is C22H18N2O3. The van der Waals surface area contributed by atoms with Gasteiger partial charge in [-0.2, -0.15) is 0 Å². The summed E-state index contributed by atoms with van der Waals surface area (Å²) in [5.74, 6) is 1.02. The van der Waals surface area contributed by atoms with E-state index in [9.17, 15) is 4.79 Å². The van der Waals surface area contributed by atoms with Crippen molar-refractivity contribution < 1.29 is 14.3 Å². The van der Waals surface area contributed by atoms with Gasteiger partial charge in [0, 0.05) is 17.3 Å². The van der Waals surface area contributed by atoms with Crippen LogP contribution in [-0.2, 0) is 9.53 Å². The van der Waals surface area contributed by atoms with Crippen molar-refractivity contribution in [1.29, 1.82) is 0 Å². The molecule has 0 atom stereocenters. The number of carbonyl (C=O) groups excluding carboxylic acids is 1. The fourth-order valence-electron chi connectivity index (χ4n) is 2.97. The van der Waals surface area contributed by atoms with E-state index in [0.29, 0.717) is 5.75 Å². The van der Waals surface area contributed by atoms with Crippen molar-refractivity contribution in [3.05, 3.63) is 78.9 Å². The summed E-state index contributed by atoms with van der Waals surface area (Å²) >= 11 is 0. The molecule has 0 saturated carbocycles. The SMILES string of the molecule is COC(=O)COc1ccc2nc(-c3ccccc3)n(-c3ccccc3)c2c1. The molecule has 1 heterocycles. The lowest BCUT2D eigenvalue weighted by molar-refractivity contribution is -0.142. The maximum atomic E-state index is 11.4. The third-order valence-corrected chi connectivity index (χ3v) is 4.26. The number of hydrogen-bond donors (Lipinski definition) is 0. The number of fused-ring (bicyclic) bond motifs is 1. The number of aromatic nitrogens is 2. The Morgan fingerprint density at radius 2 is 1.67 bits per heavy atom. The summed E-state index contributed by atoms with van der Waals surface area (Å²) in [7, 11) is 1.34. The number of hydrogen-bond acceptors (Lipinski definition) is 4. The van der Waals surface area contributed by atoms with E-state index in [-0.39, 0.29) is 6.61 Å². The van der Waals surface area contributed by atoms with Gasteiger partial charge in [-0.05, 0) is 24.3 Å². The Labute approximate surface area is 156 Å². The van der Waals surface area contributed by atoms with Crippen LogP contribution in [-0.4, -0.2) is 29.2 Å². The molecule has 5 nitrogen and oxygen atoms in total. The van der Waals surface area contributed by atoms with Gasteiger partial charge in [0.05, 0.1) is 18.1 Å². The molecule has 3 aromatic carbocycles. The molecule has 0 unspecified atom stereocenters. The minimum absolute atomic E-state index is 0.132. The molecule has 0 amide bonds. The predicted molar refractivity (Wildman–Crippen MR) is 104 cm³/mol. The molecule has 0 fully saturated rings. The molecular weight excluding hydrogens is 340 g/mol. The molecule has 4 aromatic rings. The third-order valence-electron chi connectivity index (χ3n) is 4.26. The monoisotopic (exact) mass is 358 g/mol. The van der Waals surface area contributed by atoms with Crippen molar-refractivity contribution in [2.75, 3.05) is 13.7 Å². The van der Waals surface area contributed by atoms with Crippen molar-refractivity contribution in [3.63, 3.8) is 0 Å². The first-order chi connectivity index (χ1) is 13.3. The van der Waals surface area contributed by atoms with Gasteiger partial charge in [-0.15, -0.1) is 0 Å². The quantitative estimate of drug-likeness (QED) is 0.501. The fourth-order valence-corrected chi connectivity index (χ4v) is 2.97. The maximum absolute atomic E-state index is 11.4. The van der Waals surface area contributed by atoms with Crippen LogP contribution in [0.2, 0.25) is 0 Å². The Bertz CT molecular complexity index is 1070. The van der Waals surface area contributed by atoms with Gasteiger partial charge in [0.2, 0.25) is 0 Å². The Balaban J connectivity index is 1.87. The summed E-state index contributed by atoms with van der Waals surface area (Å²) in [6.07, 6.45) is 0. The van der Waals surface area contributed by atoms with Crippen LogP contribution in [0.25, 0.3) is 28.1 Å². The van der Waals surface area contributed by atoms with Crippen LogP contribution < -0.4 is 4.74 Å². The molecule has 0 radical (unpaired) electrons. The lowest BCUT2D eigenvalue weighted by Crippen LogP contribution is -2.12. The van der Waals surface area contributed by atoms with Crippen LogP contribution in [0.15, 0.2) is 78.9 Å². The Morgan fingerprint density at radius 3 is 2.37 bits per heavy atom. The number of imidazole rings is 1. The van der Waals surface area contributed by atoms with Gasteiger partial charge < -0.3 is 9.47 Å². The van der Waals surface area contributed by atoms with Gasteiger partial charge in [-0.25, -0.2) is 9.78 Å². The van der Waals surface area contributed by atoms with Gasteiger partial charge in [0.25, 0.3) is 0 Å². The number of nitrogens with zero attached hydrogens (tertiary/aromatic N) is 2.